The Morgan fingerprint density at radius 2 is 0.882 bits per heavy atom. The number of fused-ring (bicyclic) bond motifs is 1. The zero-order valence-corrected chi connectivity index (χ0v) is 19.9. The maximum absolute atomic E-state index is 4.82. The Morgan fingerprint density at radius 1 is 0.471 bits per heavy atom. The van der Waals surface area contributed by atoms with E-state index in [4.69, 9.17) is 9.97 Å². The largest absolute Gasteiger partial charge is 0.467 e. The molecule has 3 aromatic carbocycles. The van der Waals surface area contributed by atoms with Gasteiger partial charge in [0.05, 0.1) is 11.4 Å². The van der Waals surface area contributed by atoms with Crippen molar-refractivity contribution >= 4 is 44.6 Å². The lowest BCUT2D eigenvalue weighted by Gasteiger charge is -2.24. The van der Waals surface area contributed by atoms with E-state index in [9.17, 15) is 0 Å². The van der Waals surface area contributed by atoms with Crippen LogP contribution in [0.2, 0.25) is 0 Å². The molecule has 0 spiro atoms. The van der Waals surface area contributed by atoms with Crippen LogP contribution in [0.15, 0.2) is 122 Å². The molecule has 0 N–H and O–H groups in total. The van der Waals surface area contributed by atoms with E-state index in [-0.39, 0.29) is 5.81 Å². The maximum Gasteiger partial charge on any atom is 0.467 e. The Bertz CT molecular complexity index is 1300. The standard InChI is InChI=1S/C28H20BBrN4/c30-29-33(27-17-15-23(19-31-27)21-9-3-1-4-10-21)25-13-7-8-14-26(25)34(29)28-18-16-24(20-32-28)22-11-5-2-6-12-22/h1-20H. The molecule has 0 atom stereocenters. The molecule has 3 heterocycles. The number of hydrogen-bond acceptors (Lipinski definition) is 4. The van der Waals surface area contributed by atoms with Crippen LogP contribution in [0.4, 0.5) is 23.0 Å². The van der Waals surface area contributed by atoms with Gasteiger partial charge in [-0.2, -0.15) is 0 Å². The minimum Gasteiger partial charge on any atom is -0.338 e. The highest BCUT2D eigenvalue weighted by Gasteiger charge is 2.41. The van der Waals surface area contributed by atoms with Crippen LogP contribution in [0, 0.1) is 0 Å². The average molecular weight is 503 g/mol. The average Bonchev–Trinajstić information content (AvgIpc) is 3.21. The van der Waals surface area contributed by atoms with Gasteiger partial charge in [-0.1, -0.05) is 88.6 Å². The van der Waals surface area contributed by atoms with Crippen LogP contribution in [0.3, 0.4) is 0 Å². The number of rotatable bonds is 4. The smallest absolute Gasteiger partial charge is 0.338 e. The Morgan fingerprint density at radius 3 is 1.26 bits per heavy atom. The Hall–Kier alpha value is -3.90. The first kappa shape index (κ1) is 20.7. The fourth-order valence-electron chi connectivity index (χ4n) is 4.34. The zero-order chi connectivity index (χ0) is 22.9. The quantitative estimate of drug-likeness (QED) is 0.238. The second-order valence-corrected chi connectivity index (χ2v) is 8.90. The highest BCUT2D eigenvalue weighted by atomic mass is 79.9. The summed E-state index contributed by atoms with van der Waals surface area (Å²) in [7, 11) is 0. The number of aromatic nitrogens is 2. The molecule has 0 fully saturated rings. The van der Waals surface area contributed by atoms with Crippen LogP contribution in [0.25, 0.3) is 22.3 Å². The van der Waals surface area contributed by atoms with Gasteiger partial charge in [-0.05, 0) is 47.5 Å². The van der Waals surface area contributed by atoms with E-state index in [1.165, 1.54) is 0 Å². The third kappa shape index (κ3) is 3.66. The molecule has 0 saturated carbocycles. The normalized spacial score (nSPS) is 12.7. The molecule has 6 heteroatoms. The van der Waals surface area contributed by atoms with Crippen molar-refractivity contribution in [3.63, 3.8) is 0 Å². The predicted octanol–water partition coefficient (Wildman–Crippen LogP) is 7.48. The summed E-state index contributed by atoms with van der Waals surface area (Å²) in [6.07, 6.45) is 3.87. The number of benzene rings is 3. The Labute approximate surface area is 207 Å². The number of nitrogens with zero attached hydrogens (tertiary/aromatic N) is 4. The van der Waals surface area contributed by atoms with E-state index in [2.05, 4.69) is 98.2 Å². The summed E-state index contributed by atoms with van der Waals surface area (Å²) in [6, 6.07) is 37.4. The second-order valence-electron chi connectivity index (χ2n) is 8.08. The van der Waals surface area contributed by atoms with Crippen molar-refractivity contribution in [3.8, 4) is 22.3 Å². The van der Waals surface area contributed by atoms with Gasteiger partial charge in [-0.3, -0.25) is 0 Å². The lowest BCUT2D eigenvalue weighted by atomic mass is 10.0. The summed E-state index contributed by atoms with van der Waals surface area (Å²) in [5.74, 6) is 1.59. The van der Waals surface area contributed by atoms with Crippen LogP contribution in [0.5, 0.6) is 0 Å². The highest BCUT2D eigenvalue weighted by molar-refractivity contribution is 9.24. The number of pyridine rings is 2. The van der Waals surface area contributed by atoms with Crippen LogP contribution < -0.4 is 9.62 Å². The minimum atomic E-state index is -0.157. The number of halogens is 1. The Kier molecular flexibility index (Phi) is 5.36. The third-order valence-corrected chi connectivity index (χ3v) is 6.85. The molecule has 1 aliphatic rings. The molecule has 0 radical (unpaired) electrons. The summed E-state index contributed by atoms with van der Waals surface area (Å²) < 4.78 is 0. The van der Waals surface area contributed by atoms with Crippen LogP contribution in [-0.4, -0.2) is 15.8 Å². The molecule has 162 valence electrons. The van der Waals surface area contributed by atoms with Crippen molar-refractivity contribution < 1.29 is 0 Å². The molecule has 1 aliphatic heterocycles. The van der Waals surface area contributed by atoms with E-state index < -0.39 is 0 Å². The molecule has 0 bridgehead atoms. The molecule has 34 heavy (non-hydrogen) atoms. The lowest BCUT2D eigenvalue weighted by Crippen LogP contribution is -2.38. The third-order valence-electron chi connectivity index (χ3n) is 6.03. The number of anilines is 4. The van der Waals surface area contributed by atoms with Gasteiger partial charge in [-0.25, -0.2) is 9.97 Å². The second kappa shape index (κ2) is 8.80. The van der Waals surface area contributed by atoms with E-state index in [0.717, 1.165) is 45.3 Å². The van der Waals surface area contributed by atoms with E-state index in [1.54, 1.807) is 0 Å². The van der Waals surface area contributed by atoms with Crippen molar-refractivity contribution in [2.24, 2.45) is 0 Å². The molecule has 0 aliphatic carbocycles. The molecule has 0 saturated heterocycles. The summed E-state index contributed by atoms with van der Waals surface area (Å²) in [5.41, 5.74) is 6.67. The van der Waals surface area contributed by atoms with Crippen molar-refractivity contribution in [3.05, 3.63) is 122 Å². The zero-order valence-electron chi connectivity index (χ0n) is 18.3. The maximum atomic E-state index is 4.82. The summed E-state index contributed by atoms with van der Waals surface area (Å²) in [6.45, 7) is 0. The molecule has 2 aromatic heterocycles. The van der Waals surface area contributed by atoms with Gasteiger partial charge >= 0.3 is 5.81 Å². The lowest BCUT2D eigenvalue weighted by molar-refractivity contribution is 1.24. The van der Waals surface area contributed by atoms with Gasteiger partial charge in [0.15, 0.2) is 0 Å². The van der Waals surface area contributed by atoms with Crippen molar-refractivity contribution in [2.75, 3.05) is 9.62 Å². The summed E-state index contributed by atoms with van der Waals surface area (Å²) >= 11 is 3.92. The number of hydrogen-bond donors (Lipinski definition) is 0. The highest BCUT2D eigenvalue weighted by Crippen LogP contribution is 2.46. The fraction of sp³-hybridized carbons (Fsp3) is 0. The first-order valence-corrected chi connectivity index (χ1v) is 12.1. The van der Waals surface area contributed by atoms with Gasteiger partial charge in [0, 0.05) is 23.5 Å². The van der Waals surface area contributed by atoms with Crippen molar-refractivity contribution in [2.45, 2.75) is 0 Å². The monoisotopic (exact) mass is 502 g/mol. The van der Waals surface area contributed by atoms with Crippen molar-refractivity contribution in [1.82, 2.24) is 9.97 Å². The molecule has 0 amide bonds. The summed E-state index contributed by atoms with van der Waals surface area (Å²) in [4.78, 5) is 14.0. The predicted molar refractivity (Wildman–Crippen MR) is 145 cm³/mol. The molecule has 6 rings (SSSR count). The summed E-state index contributed by atoms with van der Waals surface area (Å²) in [5, 5.41) is 0. The van der Waals surface area contributed by atoms with Gasteiger partial charge in [0.1, 0.15) is 11.6 Å². The van der Waals surface area contributed by atoms with E-state index in [1.807, 2.05) is 48.8 Å². The van der Waals surface area contributed by atoms with Gasteiger partial charge in [-0.15, -0.1) is 0 Å². The first-order valence-electron chi connectivity index (χ1n) is 11.1. The molecular formula is C28H20BBrN4. The van der Waals surface area contributed by atoms with E-state index >= 15 is 0 Å². The Balaban J connectivity index is 1.35. The molecule has 5 aromatic rings. The number of para-hydroxylation sites is 2. The van der Waals surface area contributed by atoms with Gasteiger partial charge < -0.3 is 9.62 Å². The van der Waals surface area contributed by atoms with Crippen LogP contribution in [0.1, 0.15) is 0 Å². The molecular weight excluding hydrogens is 483 g/mol. The molecule has 4 nitrogen and oxygen atoms in total. The van der Waals surface area contributed by atoms with Crippen molar-refractivity contribution in [1.29, 1.82) is 0 Å². The first-order chi connectivity index (χ1) is 16.8. The minimum absolute atomic E-state index is 0.157. The van der Waals surface area contributed by atoms with Crippen LogP contribution >= 0.6 is 15.8 Å². The van der Waals surface area contributed by atoms with Crippen LogP contribution in [-0.2, 0) is 0 Å². The van der Waals surface area contributed by atoms with E-state index in [0.29, 0.717) is 0 Å². The van der Waals surface area contributed by atoms with Gasteiger partial charge in [0.2, 0.25) is 0 Å². The fourth-order valence-corrected chi connectivity index (χ4v) is 5.20. The molecule has 0 unspecified atom stereocenters. The van der Waals surface area contributed by atoms with Gasteiger partial charge in [0.25, 0.3) is 0 Å². The SMILES string of the molecule is BrB1N(c2ccc(-c3ccccc3)cn2)c2ccccc2N1c1ccc(-c2ccccc2)cn1. The topological polar surface area (TPSA) is 32.3 Å².